The van der Waals surface area contributed by atoms with Crippen LogP contribution in [0.5, 0.6) is 0 Å². The lowest BCUT2D eigenvalue weighted by Gasteiger charge is -1.94. The van der Waals surface area contributed by atoms with Crippen molar-refractivity contribution in [3.8, 4) is 0 Å². The fourth-order valence-electron chi connectivity index (χ4n) is 0.466. The number of primary amides is 1. The molecule has 0 aromatic rings. The van der Waals surface area contributed by atoms with E-state index in [0.29, 0.717) is 6.42 Å². The molecule has 0 heterocycles. The minimum Gasteiger partial charge on any atom is -0.373 e. The summed E-state index contributed by atoms with van der Waals surface area (Å²) in [5.41, 5.74) is 4.80. The van der Waals surface area contributed by atoms with E-state index in [-0.39, 0.29) is 12.8 Å². The molecule has 0 aromatic carbocycles. The Morgan fingerprint density at radius 2 is 1.90 bits per heavy atom. The minimum atomic E-state index is -0.527. The van der Waals surface area contributed by atoms with Crippen molar-refractivity contribution in [2.24, 2.45) is 11.6 Å². The van der Waals surface area contributed by atoms with E-state index < -0.39 is 11.9 Å². The van der Waals surface area contributed by atoms with Gasteiger partial charge in [-0.25, -0.2) is 0 Å². The number of hydrogen-bond acceptors (Lipinski definition) is 4. The minimum absolute atomic E-state index is 0.138. The molecule has 5 nitrogen and oxygen atoms in total. The molecule has 10 heavy (non-hydrogen) atoms. The Balaban J connectivity index is 3.20. The van der Waals surface area contributed by atoms with Gasteiger partial charge in [-0.05, 0) is 6.42 Å². The van der Waals surface area contributed by atoms with Gasteiger partial charge in [0, 0.05) is 12.8 Å². The first-order valence-corrected chi connectivity index (χ1v) is 2.84. The first kappa shape index (κ1) is 8.90. The molecule has 0 rings (SSSR count). The summed E-state index contributed by atoms with van der Waals surface area (Å²) in [4.78, 5) is 24.2. The van der Waals surface area contributed by atoms with E-state index >= 15 is 0 Å². The van der Waals surface area contributed by atoms with Gasteiger partial charge >= 0.3 is 5.97 Å². The lowest BCUT2D eigenvalue weighted by molar-refractivity contribution is -0.144. The van der Waals surface area contributed by atoms with Crippen LogP contribution in [0.2, 0.25) is 0 Å². The number of carbonyl (C=O) groups excluding carboxylic acids is 2. The number of carbonyl (C=O) groups is 2. The fraction of sp³-hybridized carbons (Fsp3) is 0.600. The van der Waals surface area contributed by atoms with Gasteiger partial charge in [-0.3, -0.25) is 9.59 Å². The van der Waals surface area contributed by atoms with Gasteiger partial charge in [-0.2, -0.15) is 5.90 Å². The Hall–Kier alpha value is -1.10. The van der Waals surface area contributed by atoms with Crippen LogP contribution in [-0.2, 0) is 14.4 Å². The zero-order valence-electron chi connectivity index (χ0n) is 5.50. The molecule has 0 spiro atoms. The van der Waals surface area contributed by atoms with E-state index in [9.17, 15) is 9.59 Å². The van der Waals surface area contributed by atoms with Gasteiger partial charge in [-0.15, -0.1) is 0 Å². The summed E-state index contributed by atoms with van der Waals surface area (Å²) in [5.74, 6) is 3.57. The fourth-order valence-corrected chi connectivity index (χ4v) is 0.466. The van der Waals surface area contributed by atoms with Gasteiger partial charge in [0.15, 0.2) is 0 Å². The molecule has 0 aliphatic rings. The third kappa shape index (κ3) is 5.04. The molecule has 0 aliphatic heterocycles. The molecule has 0 bridgehead atoms. The first-order chi connectivity index (χ1) is 4.66. The maximum atomic E-state index is 10.3. The Morgan fingerprint density at radius 3 is 2.30 bits per heavy atom. The van der Waals surface area contributed by atoms with Crippen molar-refractivity contribution in [3.05, 3.63) is 0 Å². The third-order valence-corrected chi connectivity index (χ3v) is 0.936. The second kappa shape index (κ2) is 4.75. The Bertz CT molecular complexity index is 135. The average molecular weight is 146 g/mol. The summed E-state index contributed by atoms with van der Waals surface area (Å²) >= 11 is 0. The zero-order valence-corrected chi connectivity index (χ0v) is 5.50. The normalized spacial score (nSPS) is 8.90. The number of nitrogens with two attached hydrogens (primary N) is 2. The molecule has 4 N–H and O–H groups in total. The monoisotopic (exact) mass is 146 g/mol. The summed E-state index contributed by atoms with van der Waals surface area (Å²) in [6, 6.07) is 0. The summed E-state index contributed by atoms with van der Waals surface area (Å²) < 4.78 is 0. The predicted octanol–water partition coefficient (Wildman–Crippen LogP) is -0.941. The van der Waals surface area contributed by atoms with E-state index in [0.717, 1.165) is 0 Å². The van der Waals surface area contributed by atoms with Crippen LogP contribution in [0, 0.1) is 0 Å². The summed E-state index contributed by atoms with van der Waals surface area (Å²) in [5, 5.41) is 0. The molecule has 0 saturated carbocycles. The number of amides is 1. The SMILES string of the molecule is NOC(=O)CCCC(N)=O. The maximum absolute atomic E-state index is 10.3. The molecule has 0 aliphatic carbocycles. The van der Waals surface area contributed by atoms with Gasteiger partial charge in [0.05, 0.1) is 0 Å². The van der Waals surface area contributed by atoms with Crippen molar-refractivity contribution in [2.45, 2.75) is 19.3 Å². The zero-order chi connectivity index (χ0) is 7.98. The molecular weight excluding hydrogens is 136 g/mol. The largest absolute Gasteiger partial charge is 0.373 e. The summed E-state index contributed by atoms with van der Waals surface area (Å²) in [7, 11) is 0. The molecule has 0 saturated heterocycles. The predicted molar refractivity (Wildman–Crippen MR) is 33.3 cm³/mol. The molecule has 58 valence electrons. The van der Waals surface area contributed by atoms with Crippen LogP contribution in [0.4, 0.5) is 0 Å². The second-order valence-corrected chi connectivity index (χ2v) is 1.81. The highest BCUT2D eigenvalue weighted by Crippen LogP contribution is 1.94. The van der Waals surface area contributed by atoms with E-state index in [1.165, 1.54) is 0 Å². The van der Waals surface area contributed by atoms with Crippen molar-refractivity contribution >= 4 is 11.9 Å². The van der Waals surface area contributed by atoms with E-state index in [4.69, 9.17) is 5.73 Å². The van der Waals surface area contributed by atoms with Gasteiger partial charge in [0.1, 0.15) is 0 Å². The van der Waals surface area contributed by atoms with Gasteiger partial charge < -0.3 is 10.6 Å². The molecule has 0 fully saturated rings. The Morgan fingerprint density at radius 1 is 1.30 bits per heavy atom. The lowest BCUT2D eigenvalue weighted by Crippen LogP contribution is -2.13. The molecule has 5 heteroatoms. The van der Waals surface area contributed by atoms with E-state index in [1.807, 2.05) is 0 Å². The van der Waals surface area contributed by atoms with Gasteiger partial charge in [-0.1, -0.05) is 0 Å². The van der Waals surface area contributed by atoms with Crippen molar-refractivity contribution < 1.29 is 14.4 Å². The maximum Gasteiger partial charge on any atom is 0.324 e. The smallest absolute Gasteiger partial charge is 0.324 e. The quantitative estimate of drug-likeness (QED) is 0.500. The van der Waals surface area contributed by atoms with Crippen molar-refractivity contribution in [3.63, 3.8) is 0 Å². The Labute approximate surface area is 58.3 Å². The van der Waals surface area contributed by atoms with Crippen molar-refractivity contribution in [1.29, 1.82) is 0 Å². The van der Waals surface area contributed by atoms with Crippen molar-refractivity contribution in [2.75, 3.05) is 0 Å². The molecule has 0 unspecified atom stereocenters. The topological polar surface area (TPSA) is 95.4 Å². The average Bonchev–Trinajstić information content (AvgIpc) is 1.87. The third-order valence-electron chi connectivity index (χ3n) is 0.936. The highest BCUT2D eigenvalue weighted by molar-refractivity contribution is 5.75. The highest BCUT2D eigenvalue weighted by Gasteiger charge is 2.01. The molecule has 0 aromatic heterocycles. The summed E-state index contributed by atoms with van der Waals surface area (Å²) in [6.45, 7) is 0. The molecule has 0 atom stereocenters. The second-order valence-electron chi connectivity index (χ2n) is 1.81. The molecular formula is C5H10N2O3. The Kier molecular flexibility index (Phi) is 4.23. The first-order valence-electron chi connectivity index (χ1n) is 2.84. The van der Waals surface area contributed by atoms with E-state index in [1.54, 1.807) is 0 Å². The van der Waals surface area contributed by atoms with Crippen LogP contribution < -0.4 is 11.6 Å². The van der Waals surface area contributed by atoms with Crippen LogP contribution in [0.1, 0.15) is 19.3 Å². The standard InChI is InChI=1S/C5H10N2O3/c6-4(8)2-1-3-5(9)10-7/h1-3,7H2,(H2,6,8). The summed E-state index contributed by atoms with van der Waals surface area (Å²) in [6.07, 6.45) is 0.722. The van der Waals surface area contributed by atoms with Crippen LogP contribution in [0.3, 0.4) is 0 Å². The van der Waals surface area contributed by atoms with Crippen LogP contribution in [0.25, 0.3) is 0 Å². The molecule has 0 radical (unpaired) electrons. The van der Waals surface area contributed by atoms with Gasteiger partial charge in [0.2, 0.25) is 5.91 Å². The van der Waals surface area contributed by atoms with Crippen molar-refractivity contribution in [1.82, 2.24) is 0 Å². The number of hydrogen-bond donors (Lipinski definition) is 2. The highest BCUT2D eigenvalue weighted by atomic mass is 16.7. The van der Waals surface area contributed by atoms with E-state index in [2.05, 4.69) is 10.7 Å². The van der Waals surface area contributed by atoms with Gasteiger partial charge in [0.25, 0.3) is 0 Å². The van der Waals surface area contributed by atoms with Crippen LogP contribution >= 0.6 is 0 Å². The lowest BCUT2D eigenvalue weighted by atomic mass is 10.2. The van der Waals surface area contributed by atoms with Crippen LogP contribution in [-0.4, -0.2) is 11.9 Å². The molecule has 1 amide bonds. The van der Waals surface area contributed by atoms with Crippen LogP contribution in [0.15, 0.2) is 0 Å². The number of rotatable bonds is 4.